The van der Waals surface area contributed by atoms with E-state index in [1.54, 1.807) is 0 Å². The highest BCUT2D eigenvalue weighted by molar-refractivity contribution is 5.81. The van der Waals surface area contributed by atoms with Crippen LogP contribution in [0.4, 0.5) is 0 Å². The molecule has 1 aliphatic rings. The van der Waals surface area contributed by atoms with Gasteiger partial charge in [0.15, 0.2) is 5.96 Å². The minimum Gasteiger partial charge on any atom is -0.370 e. The lowest BCUT2D eigenvalue weighted by Gasteiger charge is -2.01. The Hall–Kier alpha value is -1.97. The van der Waals surface area contributed by atoms with Crippen LogP contribution in [0.15, 0.2) is 35.3 Å². The van der Waals surface area contributed by atoms with Crippen LogP contribution in [-0.4, -0.2) is 17.0 Å². The zero-order chi connectivity index (χ0) is 11.7. The number of fused-ring (bicyclic) bond motifs is 1. The number of benzene rings is 1. The zero-order valence-electron chi connectivity index (χ0n) is 9.61. The summed E-state index contributed by atoms with van der Waals surface area (Å²) in [5, 5.41) is 4.39. The molecule has 4 nitrogen and oxygen atoms in total. The number of guanidine groups is 1. The van der Waals surface area contributed by atoms with Gasteiger partial charge in [-0.2, -0.15) is 0 Å². The van der Waals surface area contributed by atoms with E-state index in [1.165, 1.54) is 18.2 Å². The normalized spacial score (nSPS) is 16.4. The second-order valence-corrected chi connectivity index (χ2v) is 4.50. The molecule has 0 saturated heterocycles. The molecule has 1 aliphatic carbocycles. The Balaban J connectivity index is 1.71. The van der Waals surface area contributed by atoms with Crippen LogP contribution in [0, 0.1) is 0 Å². The third kappa shape index (κ3) is 2.41. The van der Waals surface area contributed by atoms with Crippen LogP contribution >= 0.6 is 0 Å². The Morgan fingerprint density at radius 3 is 3.00 bits per heavy atom. The van der Waals surface area contributed by atoms with Crippen molar-refractivity contribution in [2.24, 2.45) is 10.7 Å². The molecule has 1 heterocycles. The number of rotatable bonds is 3. The van der Waals surface area contributed by atoms with Crippen molar-refractivity contribution >= 4 is 16.9 Å². The summed E-state index contributed by atoms with van der Waals surface area (Å²) in [5.74, 6) is 0.547. The molecule has 4 N–H and O–H groups in total. The van der Waals surface area contributed by atoms with Gasteiger partial charge in [-0.1, -0.05) is 18.2 Å². The molecule has 4 heteroatoms. The predicted molar refractivity (Wildman–Crippen MR) is 69.8 cm³/mol. The first-order chi connectivity index (χ1) is 8.31. The van der Waals surface area contributed by atoms with Gasteiger partial charge in [-0.25, -0.2) is 4.99 Å². The molecule has 0 spiro atoms. The standard InChI is InChI=1S/C13H16N4/c14-13(17-10-5-6-10)15-8-11-7-9-3-1-2-4-12(9)16-11/h1-4,7,10,16H,5-6,8H2,(H3,14,15,17). The largest absolute Gasteiger partial charge is 0.370 e. The Kier molecular flexibility index (Phi) is 2.48. The van der Waals surface area contributed by atoms with Gasteiger partial charge < -0.3 is 16.0 Å². The van der Waals surface area contributed by atoms with Crippen LogP contribution in [0.25, 0.3) is 10.9 Å². The van der Waals surface area contributed by atoms with Gasteiger partial charge in [0.2, 0.25) is 0 Å². The minimum absolute atomic E-state index is 0.547. The number of H-pyrrole nitrogens is 1. The lowest BCUT2D eigenvalue weighted by molar-refractivity contribution is 0.875. The number of nitrogens with zero attached hydrogens (tertiary/aromatic N) is 1. The molecule has 0 unspecified atom stereocenters. The van der Waals surface area contributed by atoms with Crippen LogP contribution in [0.2, 0.25) is 0 Å². The molecule has 1 fully saturated rings. The fourth-order valence-corrected chi connectivity index (χ4v) is 1.87. The van der Waals surface area contributed by atoms with E-state index in [0.717, 1.165) is 11.2 Å². The van der Waals surface area contributed by atoms with Crippen LogP contribution in [-0.2, 0) is 6.54 Å². The smallest absolute Gasteiger partial charge is 0.189 e. The topological polar surface area (TPSA) is 66.2 Å². The number of hydrogen-bond donors (Lipinski definition) is 3. The monoisotopic (exact) mass is 228 g/mol. The molecule has 88 valence electrons. The summed E-state index contributed by atoms with van der Waals surface area (Å²) in [5.41, 5.74) is 8.02. The molecule has 1 saturated carbocycles. The molecule has 17 heavy (non-hydrogen) atoms. The van der Waals surface area contributed by atoms with Gasteiger partial charge in [-0.05, 0) is 30.4 Å². The summed E-state index contributed by atoms with van der Waals surface area (Å²) in [6, 6.07) is 10.9. The number of aromatic amines is 1. The number of nitrogens with two attached hydrogens (primary N) is 1. The summed E-state index contributed by atoms with van der Waals surface area (Å²) >= 11 is 0. The fourth-order valence-electron chi connectivity index (χ4n) is 1.87. The molecular weight excluding hydrogens is 212 g/mol. The molecule has 2 aromatic rings. The summed E-state index contributed by atoms with van der Waals surface area (Å²) < 4.78 is 0. The van der Waals surface area contributed by atoms with Gasteiger partial charge >= 0.3 is 0 Å². The second-order valence-electron chi connectivity index (χ2n) is 4.50. The highest BCUT2D eigenvalue weighted by Gasteiger charge is 2.21. The van der Waals surface area contributed by atoms with Crippen molar-refractivity contribution < 1.29 is 0 Å². The lowest BCUT2D eigenvalue weighted by atomic mass is 10.2. The maximum atomic E-state index is 5.78. The zero-order valence-corrected chi connectivity index (χ0v) is 9.61. The third-order valence-corrected chi connectivity index (χ3v) is 2.93. The maximum Gasteiger partial charge on any atom is 0.189 e. The number of aliphatic imine (C=N–C) groups is 1. The van der Waals surface area contributed by atoms with Crippen molar-refractivity contribution in [3.63, 3.8) is 0 Å². The SMILES string of the molecule is NC(=NCc1cc2ccccc2[nH]1)NC1CC1. The van der Waals surface area contributed by atoms with Gasteiger partial charge in [0.1, 0.15) is 0 Å². The highest BCUT2D eigenvalue weighted by atomic mass is 15.1. The molecule has 0 amide bonds. The third-order valence-electron chi connectivity index (χ3n) is 2.93. The summed E-state index contributed by atoms with van der Waals surface area (Å²) in [6.45, 7) is 0.597. The van der Waals surface area contributed by atoms with Gasteiger partial charge in [0, 0.05) is 17.3 Å². The van der Waals surface area contributed by atoms with E-state index in [9.17, 15) is 0 Å². The van der Waals surface area contributed by atoms with Crippen molar-refractivity contribution in [2.45, 2.75) is 25.4 Å². The highest BCUT2D eigenvalue weighted by Crippen LogP contribution is 2.18. The number of nitrogens with one attached hydrogen (secondary N) is 2. The first kappa shape index (κ1) is 10.2. The van der Waals surface area contributed by atoms with E-state index < -0.39 is 0 Å². The summed E-state index contributed by atoms with van der Waals surface area (Å²) in [6.07, 6.45) is 2.42. The number of hydrogen-bond acceptors (Lipinski definition) is 1. The Morgan fingerprint density at radius 1 is 1.41 bits per heavy atom. The predicted octanol–water partition coefficient (Wildman–Crippen LogP) is 1.73. The average Bonchev–Trinajstić information content (AvgIpc) is 3.03. The Bertz CT molecular complexity index is 518. The van der Waals surface area contributed by atoms with Crippen molar-refractivity contribution in [1.82, 2.24) is 10.3 Å². The average molecular weight is 228 g/mol. The van der Waals surface area contributed by atoms with Crippen LogP contribution < -0.4 is 11.1 Å². The van der Waals surface area contributed by atoms with Crippen LogP contribution in [0.5, 0.6) is 0 Å². The first-order valence-corrected chi connectivity index (χ1v) is 5.94. The summed E-state index contributed by atoms with van der Waals surface area (Å²) in [4.78, 5) is 7.65. The van der Waals surface area contributed by atoms with Crippen LogP contribution in [0.3, 0.4) is 0 Å². The quantitative estimate of drug-likeness (QED) is 0.553. The number of para-hydroxylation sites is 1. The molecular formula is C13H16N4. The van der Waals surface area contributed by atoms with Gasteiger partial charge in [-0.15, -0.1) is 0 Å². The van der Waals surface area contributed by atoms with E-state index in [0.29, 0.717) is 18.5 Å². The number of aromatic nitrogens is 1. The van der Waals surface area contributed by atoms with E-state index in [4.69, 9.17) is 5.73 Å². The van der Waals surface area contributed by atoms with Gasteiger partial charge in [0.25, 0.3) is 0 Å². The van der Waals surface area contributed by atoms with Crippen molar-refractivity contribution in [1.29, 1.82) is 0 Å². The van der Waals surface area contributed by atoms with E-state index >= 15 is 0 Å². The summed E-state index contributed by atoms with van der Waals surface area (Å²) in [7, 11) is 0. The molecule has 0 radical (unpaired) electrons. The molecule has 1 aromatic carbocycles. The Morgan fingerprint density at radius 2 is 2.24 bits per heavy atom. The van der Waals surface area contributed by atoms with E-state index in [-0.39, 0.29) is 0 Å². The van der Waals surface area contributed by atoms with Crippen molar-refractivity contribution in [3.05, 3.63) is 36.0 Å². The Labute approximate surface area is 99.9 Å². The van der Waals surface area contributed by atoms with Gasteiger partial charge in [0.05, 0.1) is 6.54 Å². The van der Waals surface area contributed by atoms with E-state index in [1.807, 2.05) is 12.1 Å². The first-order valence-electron chi connectivity index (χ1n) is 5.94. The molecule has 0 atom stereocenters. The van der Waals surface area contributed by atoms with Crippen molar-refractivity contribution in [3.8, 4) is 0 Å². The van der Waals surface area contributed by atoms with Crippen molar-refractivity contribution in [2.75, 3.05) is 0 Å². The molecule has 0 aliphatic heterocycles. The minimum atomic E-state index is 0.547. The molecule has 1 aromatic heterocycles. The lowest BCUT2D eigenvalue weighted by Crippen LogP contribution is -2.33. The fraction of sp³-hybridized carbons (Fsp3) is 0.308. The molecule has 0 bridgehead atoms. The van der Waals surface area contributed by atoms with Crippen LogP contribution in [0.1, 0.15) is 18.5 Å². The van der Waals surface area contributed by atoms with E-state index in [2.05, 4.69) is 33.5 Å². The van der Waals surface area contributed by atoms with Gasteiger partial charge in [-0.3, -0.25) is 0 Å². The molecule has 3 rings (SSSR count). The second kappa shape index (κ2) is 4.13. The maximum absolute atomic E-state index is 5.78.